The SMILES string of the molecule is CC(C)COc1cccc(C(=O)Nc2ccc(O)c(C(=O)O)c2)c1. The lowest BCUT2D eigenvalue weighted by Gasteiger charge is -2.11. The van der Waals surface area contributed by atoms with Crippen molar-refractivity contribution in [1.29, 1.82) is 0 Å². The molecule has 0 unspecified atom stereocenters. The van der Waals surface area contributed by atoms with Crippen LogP contribution in [0.2, 0.25) is 0 Å². The van der Waals surface area contributed by atoms with Gasteiger partial charge in [-0.05, 0) is 42.3 Å². The number of phenols is 1. The number of rotatable bonds is 6. The second kappa shape index (κ2) is 7.50. The Bertz CT molecular complexity index is 755. The van der Waals surface area contributed by atoms with Crippen LogP contribution in [0, 0.1) is 5.92 Å². The molecule has 0 heterocycles. The Kier molecular flexibility index (Phi) is 5.42. The summed E-state index contributed by atoms with van der Waals surface area (Å²) in [5.41, 5.74) is 0.395. The van der Waals surface area contributed by atoms with Crippen LogP contribution in [0.1, 0.15) is 34.6 Å². The summed E-state index contributed by atoms with van der Waals surface area (Å²) in [4.78, 5) is 23.3. The number of hydrogen-bond acceptors (Lipinski definition) is 4. The van der Waals surface area contributed by atoms with Crippen molar-refractivity contribution in [3.63, 3.8) is 0 Å². The fraction of sp³-hybridized carbons (Fsp3) is 0.222. The first-order valence-corrected chi connectivity index (χ1v) is 7.47. The van der Waals surface area contributed by atoms with E-state index in [0.717, 1.165) is 0 Å². The zero-order valence-electron chi connectivity index (χ0n) is 13.4. The third kappa shape index (κ3) is 4.49. The van der Waals surface area contributed by atoms with Crippen LogP contribution in [0.25, 0.3) is 0 Å². The monoisotopic (exact) mass is 329 g/mol. The van der Waals surface area contributed by atoms with Crippen LogP contribution in [0.4, 0.5) is 5.69 Å². The zero-order valence-corrected chi connectivity index (χ0v) is 13.4. The quantitative estimate of drug-likeness (QED) is 0.706. The summed E-state index contributed by atoms with van der Waals surface area (Å²) in [6.07, 6.45) is 0. The van der Waals surface area contributed by atoms with Gasteiger partial charge in [-0.2, -0.15) is 0 Å². The van der Waals surface area contributed by atoms with Crippen molar-refractivity contribution in [3.05, 3.63) is 53.6 Å². The Labute approximate surface area is 139 Å². The van der Waals surface area contributed by atoms with Crippen molar-refractivity contribution >= 4 is 17.6 Å². The number of ether oxygens (including phenoxy) is 1. The number of nitrogens with one attached hydrogen (secondary N) is 1. The van der Waals surface area contributed by atoms with Gasteiger partial charge in [0.15, 0.2) is 0 Å². The fourth-order valence-electron chi connectivity index (χ4n) is 1.98. The van der Waals surface area contributed by atoms with E-state index in [9.17, 15) is 14.7 Å². The van der Waals surface area contributed by atoms with Crippen LogP contribution >= 0.6 is 0 Å². The van der Waals surface area contributed by atoms with Gasteiger partial charge in [-0.3, -0.25) is 4.79 Å². The van der Waals surface area contributed by atoms with E-state index in [1.807, 2.05) is 13.8 Å². The standard InChI is InChI=1S/C18H19NO5/c1-11(2)10-24-14-5-3-4-12(8-14)17(21)19-13-6-7-16(20)15(9-13)18(22)23/h3-9,11,20H,10H2,1-2H3,(H,19,21)(H,22,23). The van der Waals surface area contributed by atoms with Crippen LogP contribution < -0.4 is 10.1 Å². The zero-order chi connectivity index (χ0) is 17.7. The van der Waals surface area contributed by atoms with Crippen LogP contribution in [0.3, 0.4) is 0 Å². The van der Waals surface area contributed by atoms with Gasteiger partial charge >= 0.3 is 5.97 Å². The predicted octanol–water partition coefficient (Wildman–Crippen LogP) is 3.38. The number of aromatic carboxylic acids is 1. The Morgan fingerprint density at radius 2 is 1.92 bits per heavy atom. The van der Waals surface area contributed by atoms with Crippen LogP contribution in [0.5, 0.6) is 11.5 Å². The fourth-order valence-corrected chi connectivity index (χ4v) is 1.98. The molecule has 0 radical (unpaired) electrons. The smallest absolute Gasteiger partial charge is 0.339 e. The molecule has 3 N–H and O–H groups in total. The van der Waals surface area contributed by atoms with E-state index in [4.69, 9.17) is 9.84 Å². The minimum absolute atomic E-state index is 0.276. The van der Waals surface area contributed by atoms with Gasteiger partial charge in [-0.1, -0.05) is 19.9 Å². The van der Waals surface area contributed by atoms with Gasteiger partial charge in [0.05, 0.1) is 6.61 Å². The van der Waals surface area contributed by atoms with E-state index in [2.05, 4.69) is 5.32 Å². The molecule has 0 atom stereocenters. The molecular weight excluding hydrogens is 310 g/mol. The third-order valence-corrected chi connectivity index (χ3v) is 3.16. The molecule has 0 aliphatic rings. The van der Waals surface area contributed by atoms with Crippen molar-refractivity contribution in [1.82, 2.24) is 0 Å². The molecule has 2 aromatic rings. The van der Waals surface area contributed by atoms with E-state index >= 15 is 0 Å². The number of carbonyl (C=O) groups excluding carboxylic acids is 1. The lowest BCUT2D eigenvalue weighted by Crippen LogP contribution is -2.13. The molecule has 0 fully saturated rings. The normalized spacial score (nSPS) is 10.5. The molecule has 2 aromatic carbocycles. The van der Waals surface area contributed by atoms with Crippen molar-refractivity contribution in [3.8, 4) is 11.5 Å². The lowest BCUT2D eigenvalue weighted by molar-refractivity contribution is 0.0693. The number of carbonyl (C=O) groups is 2. The first-order valence-electron chi connectivity index (χ1n) is 7.47. The molecule has 126 valence electrons. The summed E-state index contributed by atoms with van der Waals surface area (Å²) < 4.78 is 5.58. The summed E-state index contributed by atoms with van der Waals surface area (Å²) in [5.74, 6) is -1.06. The molecule has 0 bridgehead atoms. The minimum atomic E-state index is -1.27. The van der Waals surface area contributed by atoms with Crippen molar-refractivity contribution in [2.24, 2.45) is 5.92 Å². The molecule has 0 spiro atoms. The molecule has 0 saturated carbocycles. The molecule has 0 aromatic heterocycles. The Morgan fingerprint density at radius 1 is 1.17 bits per heavy atom. The highest BCUT2D eigenvalue weighted by Crippen LogP contribution is 2.22. The van der Waals surface area contributed by atoms with Crippen molar-refractivity contribution in [2.45, 2.75) is 13.8 Å². The molecule has 1 amide bonds. The van der Waals surface area contributed by atoms with Gasteiger partial charge in [0, 0.05) is 11.3 Å². The van der Waals surface area contributed by atoms with Gasteiger partial charge in [-0.25, -0.2) is 4.79 Å². The lowest BCUT2D eigenvalue weighted by atomic mass is 10.1. The Hall–Kier alpha value is -3.02. The summed E-state index contributed by atoms with van der Waals surface area (Å²) in [6, 6.07) is 10.6. The number of anilines is 1. The summed E-state index contributed by atoms with van der Waals surface area (Å²) in [6.45, 7) is 4.60. The maximum Gasteiger partial charge on any atom is 0.339 e. The maximum absolute atomic E-state index is 12.3. The van der Waals surface area contributed by atoms with Crippen LogP contribution in [-0.4, -0.2) is 28.7 Å². The summed E-state index contributed by atoms with van der Waals surface area (Å²) >= 11 is 0. The Balaban J connectivity index is 2.14. The number of benzene rings is 2. The second-order valence-electron chi connectivity index (χ2n) is 5.72. The maximum atomic E-state index is 12.3. The predicted molar refractivity (Wildman–Crippen MR) is 89.8 cm³/mol. The first kappa shape index (κ1) is 17.3. The third-order valence-electron chi connectivity index (χ3n) is 3.16. The largest absolute Gasteiger partial charge is 0.507 e. The van der Waals surface area contributed by atoms with Gasteiger partial charge < -0.3 is 20.3 Å². The molecule has 0 saturated heterocycles. The molecule has 6 nitrogen and oxygen atoms in total. The highest BCUT2D eigenvalue weighted by atomic mass is 16.5. The van der Waals surface area contributed by atoms with Crippen molar-refractivity contribution in [2.75, 3.05) is 11.9 Å². The molecule has 24 heavy (non-hydrogen) atoms. The number of carboxylic acids is 1. The number of carboxylic acid groups (broad SMARTS) is 1. The molecule has 0 aliphatic carbocycles. The van der Waals surface area contributed by atoms with E-state index in [-0.39, 0.29) is 17.0 Å². The Morgan fingerprint density at radius 3 is 2.58 bits per heavy atom. The van der Waals surface area contributed by atoms with E-state index < -0.39 is 11.9 Å². The average Bonchev–Trinajstić information content (AvgIpc) is 2.54. The molecule has 6 heteroatoms. The van der Waals surface area contributed by atoms with Crippen LogP contribution in [-0.2, 0) is 0 Å². The van der Waals surface area contributed by atoms with Gasteiger partial charge in [0.2, 0.25) is 0 Å². The number of hydrogen-bond donors (Lipinski definition) is 3. The van der Waals surface area contributed by atoms with Gasteiger partial charge in [0.25, 0.3) is 5.91 Å². The van der Waals surface area contributed by atoms with Gasteiger partial charge in [0.1, 0.15) is 17.1 Å². The number of aromatic hydroxyl groups is 1. The van der Waals surface area contributed by atoms with Gasteiger partial charge in [-0.15, -0.1) is 0 Å². The topological polar surface area (TPSA) is 95.9 Å². The first-order chi connectivity index (χ1) is 11.4. The summed E-state index contributed by atoms with van der Waals surface area (Å²) in [7, 11) is 0. The highest BCUT2D eigenvalue weighted by molar-refractivity contribution is 6.05. The molecule has 2 rings (SSSR count). The van der Waals surface area contributed by atoms with E-state index in [1.165, 1.54) is 18.2 Å². The van der Waals surface area contributed by atoms with E-state index in [0.29, 0.717) is 23.8 Å². The van der Waals surface area contributed by atoms with E-state index in [1.54, 1.807) is 24.3 Å². The number of amides is 1. The minimum Gasteiger partial charge on any atom is -0.507 e. The molecule has 0 aliphatic heterocycles. The van der Waals surface area contributed by atoms with Crippen LogP contribution in [0.15, 0.2) is 42.5 Å². The molecular formula is C18H19NO5. The average molecular weight is 329 g/mol. The van der Waals surface area contributed by atoms with Crippen molar-refractivity contribution < 1.29 is 24.5 Å². The summed E-state index contributed by atoms with van der Waals surface area (Å²) in [5, 5.41) is 21.1. The second-order valence-corrected chi connectivity index (χ2v) is 5.72. The highest BCUT2D eigenvalue weighted by Gasteiger charge is 2.13.